The third-order valence-corrected chi connectivity index (χ3v) is 2.99. The third-order valence-electron chi connectivity index (χ3n) is 2.99. The van der Waals surface area contributed by atoms with Crippen LogP contribution >= 0.6 is 0 Å². The van der Waals surface area contributed by atoms with Crippen molar-refractivity contribution in [3.05, 3.63) is 65.5 Å². The minimum atomic E-state index is -0.193. The molecule has 100 valence electrons. The second-order valence-corrected chi connectivity index (χ2v) is 4.40. The van der Waals surface area contributed by atoms with E-state index >= 15 is 0 Å². The summed E-state index contributed by atoms with van der Waals surface area (Å²) >= 11 is 0. The molecule has 0 unspecified atom stereocenters. The van der Waals surface area contributed by atoms with E-state index in [-0.39, 0.29) is 5.82 Å². The van der Waals surface area contributed by atoms with Gasteiger partial charge in [0.2, 0.25) is 0 Å². The summed E-state index contributed by atoms with van der Waals surface area (Å²) < 4.78 is 17.8. The maximum absolute atomic E-state index is 12.7. The fourth-order valence-electron chi connectivity index (χ4n) is 1.86. The van der Waals surface area contributed by atoms with Crippen molar-refractivity contribution >= 4 is 0 Å². The predicted octanol–water partition coefficient (Wildman–Crippen LogP) is 3.17. The highest BCUT2D eigenvalue weighted by Crippen LogP contribution is 2.11. The number of nitrogens with one attached hydrogen (secondary N) is 1. The highest BCUT2D eigenvalue weighted by Gasteiger charge is 1.96. The van der Waals surface area contributed by atoms with E-state index in [1.807, 2.05) is 12.1 Å². The van der Waals surface area contributed by atoms with E-state index in [4.69, 9.17) is 4.74 Å². The van der Waals surface area contributed by atoms with Gasteiger partial charge < -0.3 is 10.1 Å². The van der Waals surface area contributed by atoms with Crippen LogP contribution < -0.4 is 10.1 Å². The Morgan fingerprint density at radius 3 is 2.21 bits per heavy atom. The Labute approximate surface area is 113 Å². The molecule has 0 radical (unpaired) electrons. The van der Waals surface area contributed by atoms with Crippen LogP contribution in [0.5, 0.6) is 5.75 Å². The molecule has 2 rings (SSSR count). The van der Waals surface area contributed by atoms with Gasteiger partial charge in [0.05, 0.1) is 7.11 Å². The van der Waals surface area contributed by atoms with Crippen LogP contribution in [0.2, 0.25) is 0 Å². The molecule has 2 nitrogen and oxygen atoms in total. The predicted molar refractivity (Wildman–Crippen MR) is 74.8 cm³/mol. The fraction of sp³-hybridized carbons (Fsp3) is 0.250. The van der Waals surface area contributed by atoms with Gasteiger partial charge in [-0.05, 0) is 48.4 Å². The average molecular weight is 259 g/mol. The van der Waals surface area contributed by atoms with Crippen molar-refractivity contribution < 1.29 is 9.13 Å². The molecule has 0 heterocycles. The SMILES string of the molecule is COc1ccc(CCNCc2ccc(F)cc2)cc1. The lowest BCUT2D eigenvalue weighted by Gasteiger charge is -2.06. The molecular formula is C16H18FNO. The summed E-state index contributed by atoms with van der Waals surface area (Å²) in [4.78, 5) is 0. The Bertz CT molecular complexity index is 493. The van der Waals surface area contributed by atoms with Gasteiger partial charge in [-0.2, -0.15) is 0 Å². The van der Waals surface area contributed by atoms with Crippen molar-refractivity contribution in [1.82, 2.24) is 5.32 Å². The minimum Gasteiger partial charge on any atom is -0.497 e. The van der Waals surface area contributed by atoms with Crippen molar-refractivity contribution in [3.8, 4) is 5.75 Å². The molecule has 2 aromatic carbocycles. The average Bonchev–Trinajstić information content (AvgIpc) is 2.46. The molecule has 0 atom stereocenters. The van der Waals surface area contributed by atoms with Crippen molar-refractivity contribution in [1.29, 1.82) is 0 Å². The first kappa shape index (κ1) is 13.6. The Morgan fingerprint density at radius 2 is 1.58 bits per heavy atom. The van der Waals surface area contributed by atoms with Gasteiger partial charge in [0, 0.05) is 6.54 Å². The van der Waals surface area contributed by atoms with Gasteiger partial charge in [0.15, 0.2) is 0 Å². The highest BCUT2D eigenvalue weighted by molar-refractivity contribution is 5.27. The van der Waals surface area contributed by atoms with E-state index in [1.165, 1.54) is 17.7 Å². The largest absolute Gasteiger partial charge is 0.497 e. The summed E-state index contributed by atoms with van der Waals surface area (Å²) in [6.45, 7) is 1.65. The smallest absolute Gasteiger partial charge is 0.123 e. The third kappa shape index (κ3) is 4.38. The first-order chi connectivity index (χ1) is 9.28. The summed E-state index contributed by atoms with van der Waals surface area (Å²) in [5, 5.41) is 3.34. The van der Waals surface area contributed by atoms with E-state index in [9.17, 15) is 4.39 Å². The van der Waals surface area contributed by atoms with E-state index in [0.717, 1.165) is 30.8 Å². The molecule has 0 aliphatic rings. The standard InChI is InChI=1S/C16H18FNO/c1-19-16-8-4-13(5-9-16)10-11-18-12-14-2-6-15(17)7-3-14/h2-9,18H,10-12H2,1H3. The number of rotatable bonds is 6. The topological polar surface area (TPSA) is 21.3 Å². The van der Waals surface area contributed by atoms with Crippen LogP contribution in [0, 0.1) is 5.82 Å². The minimum absolute atomic E-state index is 0.193. The zero-order valence-corrected chi connectivity index (χ0v) is 11.0. The maximum atomic E-state index is 12.7. The molecule has 0 fully saturated rings. The molecule has 0 aliphatic heterocycles. The van der Waals surface area contributed by atoms with Gasteiger partial charge >= 0.3 is 0 Å². The molecular weight excluding hydrogens is 241 g/mol. The highest BCUT2D eigenvalue weighted by atomic mass is 19.1. The van der Waals surface area contributed by atoms with Gasteiger partial charge in [-0.25, -0.2) is 4.39 Å². The normalized spacial score (nSPS) is 10.4. The summed E-state index contributed by atoms with van der Waals surface area (Å²) in [5.74, 6) is 0.685. The number of hydrogen-bond acceptors (Lipinski definition) is 2. The molecule has 1 N–H and O–H groups in total. The lowest BCUT2D eigenvalue weighted by molar-refractivity contribution is 0.414. The second-order valence-electron chi connectivity index (χ2n) is 4.40. The van der Waals surface area contributed by atoms with Crippen molar-refractivity contribution in [2.75, 3.05) is 13.7 Å². The van der Waals surface area contributed by atoms with Crippen molar-refractivity contribution in [2.24, 2.45) is 0 Å². The van der Waals surface area contributed by atoms with Crippen LogP contribution in [-0.4, -0.2) is 13.7 Å². The monoisotopic (exact) mass is 259 g/mol. The molecule has 0 spiro atoms. The van der Waals surface area contributed by atoms with E-state index < -0.39 is 0 Å². The van der Waals surface area contributed by atoms with Gasteiger partial charge in [0.25, 0.3) is 0 Å². The molecule has 0 amide bonds. The Hall–Kier alpha value is -1.87. The lowest BCUT2D eigenvalue weighted by Crippen LogP contribution is -2.16. The van der Waals surface area contributed by atoms with Crippen molar-refractivity contribution in [2.45, 2.75) is 13.0 Å². The van der Waals surface area contributed by atoms with Crippen molar-refractivity contribution in [3.63, 3.8) is 0 Å². The van der Waals surface area contributed by atoms with Crippen LogP contribution in [-0.2, 0) is 13.0 Å². The molecule has 2 aromatic rings. The van der Waals surface area contributed by atoms with Crippen LogP contribution in [0.4, 0.5) is 4.39 Å². The van der Waals surface area contributed by atoms with E-state index in [0.29, 0.717) is 0 Å². The number of halogens is 1. The zero-order valence-electron chi connectivity index (χ0n) is 11.0. The van der Waals surface area contributed by atoms with Crippen LogP contribution in [0.3, 0.4) is 0 Å². The van der Waals surface area contributed by atoms with Gasteiger partial charge in [-0.1, -0.05) is 24.3 Å². The maximum Gasteiger partial charge on any atom is 0.123 e. The van der Waals surface area contributed by atoms with Gasteiger partial charge in [-0.15, -0.1) is 0 Å². The summed E-state index contributed by atoms with van der Waals surface area (Å²) in [5.41, 5.74) is 2.36. The molecule has 0 saturated carbocycles. The fourth-order valence-corrected chi connectivity index (χ4v) is 1.86. The number of ether oxygens (including phenoxy) is 1. The molecule has 0 saturated heterocycles. The summed E-state index contributed by atoms with van der Waals surface area (Å²) in [6.07, 6.45) is 0.963. The van der Waals surface area contributed by atoms with Gasteiger partial charge in [-0.3, -0.25) is 0 Å². The van der Waals surface area contributed by atoms with Gasteiger partial charge in [0.1, 0.15) is 11.6 Å². The lowest BCUT2D eigenvalue weighted by atomic mass is 10.1. The number of benzene rings is 2. The molecule has 3 heteroatoms. The summed E-state index contributed by atoms with van der Waals surface area (Å²) in [7, 11) is 1.67. The molecule has 19 heavy (non-hydrogen) atoms. The Balaban J connectivity index is 1.72. The van der Waals surface area contributed by atoms with Crippen LogP contribution in [0.1, 0.15) is 11.1 Å². The Kier molecular flexibility index (Phi) is 4.93. The molecule has 0 bridgehead atoms. The first-order valence-corrected chi connectivity index (χ1v) is 6.36. The molecule has 0 aromatic heterocycles. The first-order valence-electron chi connectivity index (χ1n) is 6.36. The zero-order chi connectivity index (χ0) is 13.5. The summed E-state index contributed by atoms with van der Waals surface area (Å²) in [6, 6.07) is 14.6. The van der Waals surface area contributed by atoms with E-state index in [1.54, 1.807) is 19.2 Å². The van der Waals surface area contributed by atoms with Crippen LogP contribution in [0.15, 0.2) is 48.5 Å². The number of hydrogen-bond donors (Lipinski definition) is 1. The molecule has 0 aliphatic carbocycles. The second kappa shape index (κ2) is 6.90. The van der Waals surface area contributed by atoms with E-state index in [2.05, 4.69) is 17.4 Å². The van der Waals surface area contributed by atoms with Crippen LogP contribution in [0.25, 0.3) is 0 Å². The number of methoxy groups -OCH3 is 1. The quantitative estimate of drug-likeness (QED) is 0.805. The Morgan fingerprint density at radius 1 is 0.947 bits per heavy atom.